The van der Waals surface area contributed by atoms with Crippen molar-refractivity contribution in [3.63, 3.8) is 0 Å². The monoisotopic (exact) mass is 311 g/mol. The fourth-order valence-electron chi connectivity index (χ4n) is 2.24. The molecule has 0 bridgehead atoms. The molecule has 8 nitrogen and oxygen atoms in total. The second kappa shape index (κ2) is 6.30. The minimum atomic E-state index is -0.344. The molecule has 0 saturated carbocycles. The standard InChI is InChI=1S/C15H17N7O/c1-21-9-12(13(20-21)11-6-4-3-5-7-11)8-16-15(23)19-14-17-10-18-22(14)2/h3-7,9-10H,8H2,1-2H3,(H2,16,17,18,19,23). The van der Waals surface area contributed by atoms with Crippen LogP contribution in [0.1, 0.15) is 5.56 Å². The highest BCUT2D eigenvalue weighted by molar-refractivity contribution is 5.87. The first-order valence-electron chi connectivity index (χ1n) is 7.10. The minimum Gasteiger partial charge on any atom is -0.334 e. The molecule has 0 fully saturated rings. The highest BCUT2D eigenvalue weighted by Gasteiger charge is 2.12. The lowest BCUT2D eigenvalue weighted by atomic mass is 10.1. The molecule has 2 amide bonds. The van der Waals surface area contributed by atoms with E-state index in [0.717, 1.165) is 16.8 Å². The lowest BCUT2D eigenvalue weighted by Gasteiger charge is -2.07. The number of amides is 2. The molecule has 0 radical (unpaired) electrons. The van der Waals surface area contributed by atoms with Gasteiger partial charge in [-0.3, -0.25) is 10.00 Å². The van der Waals surface area contributed by atoms with Crippen molar-refractivity contribution in [2.45, 2.75) is 6.54 Å². The van der Waals surface area contributed by atoms with Crippen molar-refractivity contribution in [1.29, 1.82) is 0 Å². The molecule has 0 saturated heterocycles. The zero-order valence-corrected chi connectivity index (χ0v) is 12.9. The van der Waals surface area contributed by atoms with Crippen molar-refractivity contribution in [1.82, 2.24) is 29.9 Å². The highest BCUT2D eigenvalue weighted by atomic mass is 16.2. The quantitative estimate of drug-likeness (QED) is 0.765. The van der Waals surface area contributed by atoms with E-state index in [2.05, 4.69) is 25.8 Å². The van der Waals surface area contributed by atoms with Crippen LogP contribution in [-0.2, 0) is 20.6 Å². The summed E-state index contributed by atoms with van der Waals surface area (Å²) in [5.74, 6) is 0.386. The SMILES string of the molecule is Cn1cc(CNC(=O)Nc2ncnn2C)c(-c2ccccc2)n1. The number of carbonyl (C=O) groups excluding carboxylic acids is 1. The van der Waals surface area contributed by atoms with Crippen molar-refractivity contribution in [3.8, 4) is 11.3 Å². The van der Waals surface area contributed by atoms with Crippen LogP contribution in [0.4, 0.5) is 10.7 Å². The third-order valence-electron chi connectivity index (χ3n) is 3.33. The van der Waals surface area contributed by atoms with Gasteiger partial charge in [-0.2, -0.15) is 15.2 Å². The van der Waals surface area contributed by atoms with Crippen LogP contribution in [0.2, 0.25) is 0 Å². The summed E-state index contributed by atoms with van der Waals surface area (Å²) in [5.41, 5.74) is 2.80. The van der Waals surface area contributed by atoms with E-state index in [4.69, 9.17) is 0 Å². The highest BCUT2D eigenvalue weighted by Crippen LogP contribution is 2.21. The zero-order valence-electron chi connectivity index (χ0n) is 12.9. The van der Waals surface area contributed by atoms with Crippen LogP contribution in [0, 0.1) is 0 Å². The Bertz CT molecular complexity index is 806. The van der Waals surface area contributed by atoms with E-state index in [1.54, 1.807) is 11.7 Å². The summed E-state index contributed by atoms with van der Waals surface area (Å²) in [7, 11) is 3.56. The maximum absolute atomic E-state index is 12.0. The second-order valence-corrected chi connectivity index (χ2v) is 5.06. The number of aromatic nitrogens is 5. The smallest absolute Gasteiger partial charge is 0.321 e. The average Bonchev–Trinajstić information content (AvgIpc) is 3.12. The van der Waals surface area contributed by atoms with E-state index in [1.807, 2.05) is 43.6 Å². The van der Waals surface area contributed by atoms with Crippen LogP contribution in [0.15, 0.2) is 42.9 Å². The maximum atomic E-state index is 12.0. The third-order valence-corrected chi connectivity index (χ3v) is 3.33. The van der Waals surface area contributed by atoms with Gasteiger partial charge in [-0.1, -0.05) is 30.3 Å². The largest absolute Gasteiger partial charge is 0.334 e. The van der Waals surface area contributed by atoms with E-state index < -0.39 is 0 Å². The Balaban J connectivity index is 1.69. The fraction of sp³-hybridized carbons (Fsp3) is 0.200. The van der Waals surface area contributed by atoms with Crippen molar-refractivity contribution < 1.29 is 4.79 Å². The molecule has 2 aromatic heterocycles. The molecule has 0 aliphatic rings. The topological polar surface area (TPSA) is 89.7 Å². The predicted molar refractivity (Wildman–Crippen MR) is 85.5 cm³/mol. The van der Waals surface area contributed by atoms with E-state index in [1.165, 1.54) is 11.0 Å². The van der Waals surface area contributed by atoms with E-state index in [9.17, 15) is 4.79 Å². The molecule has 0 spiro atoms. The van der Waals surface area contributed by atoms with Crippen molar-refractivity contribution in [3.05, 3.63) is 48.4 Å². The number of rotatable bonds is 4. The molecule has 118 valence electrons. The van der Waals surface area contributed by atoms with E-state index in [-0.39, 0.29) is 6.03 Å². The zero-order chi connectivity index (χ0) is 16.2. The van der Waals surface area contributed by atoms with Crippen LogP contribution in [0.5, 0.6) is 0 Å². The lowest BCUT2D eigenvalue weighted by Crippen LogP contribution is -2.29. The molecule has 0 atom stereocenters. The summed E-state index contributed by atoms with van der Waals surface area (Å²) in [5, 5.41) is 13.8. The van der Waals surface area contributed by atoms with Gasteiger partial charge in [0.05, 0.1) is 5.69 Å². The molecule has 0 aliphatic heterocycles. The number of carbonyl (C=O) groups is 1. The minimum absolute atomic E-state index is 0.344. The maximum Gasteiger partial charge on any atom is 0.321 e. The van der Waals surface area contributed by atoms with E-state index >= 15 is 0 Å². The number of anilines is 1. The Hall–Kier alpha value is -3.16. The summed E-state index contributed by atoms with van der Waals surface area (Å²) in [4.78, 5) is 15.9. The second-order valence-electron chi connectivity index (χ2n) is 5.06. The van der Waals surface area contributed by atoms with Crippen molar-refractivity contribution in [2.24, 2.45) is 14.1 Å². The van der Waals surface area contributed by atoms with Crippen LogP contribution in [0.25, 0.3) is 11.3 Å². The lowest BCUT2D eigenvalue weighted by molar-refractivity contribution is 0.251. The molecule has 0 unspecified atom stereocenters. The molecule has 0 aliphatic carbocycles. The van der Waals surface area contributed by atoms with Crippen molar-refractivity contribution >= 4 is 12.0 Å². The number of nitrogens with zero attached hydrogens (tertiary/aromatic N) is 5. The van der Waals surface area contributed by atoms with Gasteiger partial charge in [0.1, 0.15) is 6.33 Å². The molecular formula is C15H17N7O. The molecule has 8 heteroatoms. The van der Waals surface area contributed by atoms with Crippen molar-refractivity contribution in [2.75, 3.05) is 5.32 Å². The van der Waals surface area contributed by atoms with Gasteiger partial charge in [0.15, 0.2) is 0 Å². The number of hydrogen-bond acceptors (Lipinski definition) is 4. The van der Waals surface area contributed by atoms with Gasteiger partial charge in [-0.15, -0.1) is 0 Å². The first-order chi connectivity index (χ1) is 11.1. The van der Waals surface area contributed by atoms with Crippen LogP contribution in [0.3, 0.4) is 0 Å². The first-order valence-corrected chi connectivity index (χ1v) is 7.10. The average molecular weight is 311 g/mol. The number of urea groups is 1. The normalized spacial score (nSPS) is 10.5. The Morgan fingerprint density at radius 1 is 1.22 bits per heavy atom. The van der Waals surface area contributed by atoms with Crippen LogP contribution < -0.4 is 10.6 Å². The predicted octanol–water partition coefficient (Wildman–Crippen LogP) is 1.54. The van der Waals surface area contributed by atoms with Gasteiger partial charge in [0, 0.05) is 38.0 Å². The Morgan fingerprint density at radius 3 is 2.70 bits per heavy atom. The van der Waals surface area contributed by atoms with Gasteiger partial charge in [0.25, 0.3) is 0 Å². The van der Waals surface area contributed by atoms with Gasteiger partial charge in [-0.05, 0) is 0 Å². The van der Waals surface area contributed by atoms with Crippen LogP contribution in [-0.4, -0.2) is 30.6 Å². The van der Waals surface area contributed by atoms with Gasteiger partial charge >= 0.3 is 6.03 Å². The fourth-order valence-corrected chi connectivity index (χ4v) is 2.24. The number of benzene rings is 1. The number of nitrogens with one attached hydrogen (secondary N) is 2. The van der Waals surface area contributed by atoms with Gasteiger partial charge in [-0.25, -0.2) is 9.48 Å². The summed E-state index contributed by atoms with van der Waals surface area (Å²) < 4.78 is 3.22. The molecule has 1 aromatic carbocycles. The summed E-state index contributed by atoms with van der Waals surface area (Å²) in [6.07, 6.45) is 3.27. The Kier molecular flexibility index (Phi) is 4.05. The molecule has 23 heavy (non-hydrogen) atoms. The van der Waals surface area contributed by atoms with Crippen LogP contribution >= 0.6 is 0 Å². The molecule has 2 N–H and O–H groups in total. The molecule has 2 heterocycles. The number of aryl methyl sites for hydroxylation is 2. The molecule has 3 rings (SSSR count). The van der Waals surface area contributed by atoms with Gasteiger partial charge in [0.2, 0.25) is 5.95 Å². The third kappa shape index (κ3) is 3.37. The molecule has 3 aromatic rings. The molecular weight excluding hydrogens is 294 g/mol. The summed E-state index contributed by atoms with van der Waals surface area (Å²) in [6, 6.07) is 9.52. The number of hydrogen-bond donors (Lipinski definition) is 2. The summed E-state index contributed by atoms with van der Waals surface area (Å²) in [6.45, 7) is 0.363. The first kappa shape index (κ1) is 14.8. The Labute approximate surface area is 133 Å². The summed E-state index contributed by atoms with van der Waals surface area (Å²) >= 11 is 0. The van der Waals surface area contributed by atoms with Gasteiger partial charge < -0.3 is 5.32 Å². The Morgan fingerprint density at radius 2 is 2.00 bits per heavy atom. The van der Waals surface area contributed by atoms with E-state index in [0.29, 0.717) is 12.5 Å².